The average molecular weight is 342 g/mol. The summed E-state index contributed by atoms with van der Waals surface area (Å²) < 4.78 is 1.75. The Balaban J connectivity index is 2.74. The van der Waals surface area contributed by atoms with Crippen LogP contribution >= 0.6 is 43.2 Å². The van der Waals surface area contributed by atoms with Gasteiger partial charge >= 0.3 is 0 Å². The van der Waals surface area contributed by atoms with Gasteiger partial charge in [0, 0.05) is 12.6 Å². The monoisotopic (exact) mass is 340 g/mol. The molecule has 6 heteroatoms. The van der Waals surface area contributed by atoms with Gasteiger partial charge in [-0.15, -0.1) is 11.3 Å². The van der Waals surface area contributed by atoms with Crippen molar-refractivity contribution in [2.75, 3.05) is 6.54 Å². The van der Waals surface area contributed by atoms with E-state index in [0.29, 0.717) is 12.1 Å². The number of hydrogen-bond acceptors (Lipinski definition) is 3. The predicted octanol–water partition coefficient (Wildman–Crippen LogP) is 2.35. The minimum Gasteiger partial charge on any atom is -0.348 e. The molecule has 0 unspecified atom stereocenters. The lowest BCUT2D eigenvalue weighted by Gasteiger charge is -2.10. The van der Waals surface area contributed by atoms with Crippen LogP contribution < -0.4 is 11.1 Å². The van der Waals surface area contributed by atoms with Gasteiger partial charge in [0.05, 0.1) is 13.1 Å². The van der Waals surface area contributed by atoms with E-state index in [-0.39, 0.29) is 11.9 Å². The molecule has 0 bridgehead atoms. The van der Waals surface area contributed by atoms with Gasteiger partial charge in [-0.05, 0) is 44.8 Å². The van der Waals surface area contributed by atoms with E-state index in [9.17, 15) is 4.79 Å². The largest absolute Gasteiger partial charge is 0.348 e. The molecule has 1 amide bonds. The summed E-state index contributed by atoms with van der Waals surface area (Å²) in [5.41, 5.74) is 6.05. The van der Waals surface area contributed by atoms with Crippen molar-refractivity contribution < 1.29 is 4.79 Å². The molecule has 0 aliphatic heterocycles. The smallest absolute Gasteiger partial charge is 0.253 e. The number of nitrogens with two attached hydrogens (primary N) is 1. The predicted molar refractivity (Wildman–Crippen MR) is 65.7 cm³/mol. The number of nitrogens with one attached hydrogen (secondary N) is 1. The van der Waals surface area contributed by atoms with Gasteiger partial charge in [0.25, 0.3) is 5.91 Å². The van der Waals surface area contributed by atoms with Crippen molar-refractivity contribution in [2.45, 2.75) is 13.0 Å². The van der Waals surface area contributed by atoms with E-state index >= 15 is 0 Å². The first-order valence-electron chi connectivity index (χ1n) is 4.00. The maximum Gasteiger partial charge on any atom is 0.253 e. The number of carbonyl (C=O) groups is 1. The van der Waals surface area contributed by atoms with Gasteiger partial charge in [-0.25, -0.2) is 0 Å². The van der Waals surface area contributed by atoms with Crippen molar-refractivity contribution in [1.29, 1.82) is 0 Å². The molecule has 0 aliphatic carbocycles. The lowest BCUT2D eigenvalue weighted by Crippen LogP contribution is -2.37. The molecule has 78 valence electrons. The van der Waals surface area contributed by atoms with Crippen molar-refractivity contribution in [3.05, 3.63) is 19.2 Å². The Kier molecular flexibility index (Phi) is 4.56. The molecule has 0 aliphatic rings. The molecule has 1 atom stereocenters. The molecule has 0 spiro atoms. The molecule has 3 nitrogen and oxygen atoms in total. The molecule has 0 saturated heterocycles. The van der Waals surface area contributed by atoms with Crippen molar-refractivity contribution in [2.24, 2.45) is 5.73 Å². The van der Waals surface area contributed by atoms with Gasteiger partial charge in [-0.3, -0.25) is 4.79 Å². The fourth-order valence-electron chi connectivity index (χ4n) is 0.856. The number of amides is 1. The third kappa shape index (κ3) is 3.05. The average Bonchev–Trinajstić information content (AvgIpc) is 2.45. The number of rotatable bonds is 3. The number of thiophene rings is 1. The number of carbonyl (C=O) groups excluding carboxylic acids is 1. The van der Waals surface area contributed by atoms with Gasteiger partial charge < -0.3 is 11.1 Å². The van der Waals surface area contributed by atoms with Crippen molar-refractivity contribution >= 4 is 49.1 Å². The molecule has 1 rings (SSSR count). The van der Waals surface area contributed by atoms with Crippen molar-refractivity contribution in [3.8, 4) is 0 Å². The third-order valence-electron chi connectivity index (χ3n) is 1.63. The van der Waals surface area contributed by atoms with E-state index in [1.165, 1.54) is 11.3 Å². The van der Waals surface area contributed by atoms with Crippen LogP contribution in [0.1, 0.15) is 17.3 Å². The molecule has 14 heavy (non-hydrogen) atoms. The zero-order valence-electron chi connectivity index (χ0n) is 7.51. The first-order chi connectivity index (χ1) is 6.54. The molecule has 0 saturated carbocycles. The summed E-state index contributed by atoms with van der Waals surface area (Å²) >= 11 is 8.12. The Hall–Kier alpha value is 0.0900. The summed E-state index contributed by atoms with van der Waals surface area (Å²) in [7, 11) is 0. The van der Waals surface area contributed by atoms with Gasteiger partial charge in [-0.1, -0.05) is 0 Å². The summed E-state index contributed by atoms with van der Waals surface area (Å²) in [5.74, 6) is -0.100. The first kappa shape index (κ1) is 12.2. The molecular formula is C8H10Br2N2OS. The second-order valence-electron chi connectivity index (χ2n) is 2.85. The molecule has 1 aromatic rings. The van der Waals surface area contributed by atoms with Crippen LogP contribution in [0.4, 0.5) is 0 Å². The van der Waals surface area contributed by atoms with E-state index in [1.807, 2.05) is 6.92 Å². The number of hydrogen-bond donors (Lipinski definition) is 2. The minimum absolute atomic E-state index is 0.00641. The van der Waals surface area contributed by atoms with E-state index in [2.05, 4.69) is 37.2 Å². The Bertz CT molecular complexity index is 340. The van der Waals surface area contributed by atoms with Gasteiger partial charge in [0.1, 0.15) is 0 Å². The third-order valence-corrected chi connectivity index (χ3v) is 3.97. The Labute approximate surface area is 103 Å². The lowest BCUT2D eigenvalue weighted by atomic mass is 10.3. The van der Waals surface area contributed by atoms with Gasteiger partial charge in [0.2, 0.25) is 0 Å². The highest BCUT2D eigenvalue weighted by Gasteiger charge is 2.14. The van der Waals surface area contributed by atoms with Crippen LogP contribution in [0.15, 0.2) is 13.6 Å². The molecule has 3 N–H and O–H groups in total. The van der Waals surface area contributed by atoms with Crippen LogP contribution in [0.2, 0.25) is 0 Å². The highest BCUT2D eigenvalue weighted by atomic mass is 79.9. The van der Waals surface area contributed by atoms with Crippen LogP contribution in [0.5, 0.6) is 0 Å². The molecule has 1 aromatic heterocycles. The van der Waals surface area contributed by atoms with Crippen molar-refractivity contribution in [1.82, 2.24) is 5.32 Å². The molecule has 0 radical (unpaired) electrons. The van der Waals surface area contributed by atoms with Crippen LogP contribution in [-0.2, 0) is 0 Å². The number of halogens is 2. The summed E-state index contributed by atoms with van der Waals surface area (Å²) in [6.07, 6.45) is 0. The van der Waals surface area contributed by atoms with E-state index in [1.54, 1.807) is 6.07 Å². The molecule has 0 fully saturated rings. The molecule has 0 aromatic carbocycles. The maximum absolute atomic E-state index is 11.6. The minimum atomic E-state index is -0.100. The van der Waals surface area contributed by atoms with Crippen LogP contribution in [0.3, 0.4) is 0 Å². The highest BCUT2D eigenvalue weighted by molar-refractivity contribution is 9.12. The standard InChI is InChI=1S/C8H10Br2N2OS/c1-4(3-11)12-8(13)5-2-6(9)14-7(5)10/h2,4H,3,11H2,1H3,(H,12,13)/t4-/m1/s1. The zero-order valence-corrected chi connectivity index (χ0v) is 11.5. The van der Waals surface area contributed by atoms with E-state index < -0.39 is 0 Å². The first-order valence-corrected chi connectivity index (χ1v) is 6.40. The second-order valence-corrected chi connectivity index (χ2v) is 6.60. The summed E-state index contributed by atoms with van der Waals surface area (Å²) in [4.78, 5) is 11.6. The highest BCUT2D eigenvalue weighted by Crippen LogP contribution is 2.31. The SMILES string of the molecule is C[C@H](CN)NC(=O)c1cc(Br)sc1Br. The normalized spacial score (nSPS) is 12.6. The summed E-state index contributed by atoms with van der Waals surface area (Å²) in [6.45, 7) is 2.31. The topological polar surface area (TPSA) is 55.1 Å². The fourth-order valence-corrected chi connectivity index (χ4v) is 3.65. The summed E-state index contributed by atoms with van der Waals surface area (Å²) in [6, 6.07) is 1.78. The maximum atomic E-state index is 11.6. The van der Waals surface area contributed by atoms with E-state index in [4.69, 9.17) is 5.73 Å². The zero-order chi connectivity index (χ0) is 10.7. The van der Waals surface area contributed by atoms with Crippen LogP contribution in [0.25, 0.3) is 0 Å². The fraction of sp³-hybridized carbons (Fsp3) is 0.375. The van der Waals surface area contributed by atoms with Crippen LogP contribution in [0, 0.1) is 0 Å². The molecular weight excluding hydrogens is 332 g/mol. The molecule has 1 heterocycles. The van der Waals surface area contributed by atoms with Crippen molar-refractivity contribution in [3.63, 3.8) is 0 Å². The Morgan fingerprint density at radius 2 is 2.36 bits per heavy atom. The van der Waals surface area contributed by atoms with Gasteiger partial charge in [0.15, 0.2) is 0 Å². The van der Waals surface area contributed by atoms with Gasteiger partial charge in [-0.2, -0.15) is 0 Å². The second kappa shape index (κ2) is 5.25. The summed E-state index contributed by atoms with van der Waals surface area (Å²) in [5, 5.41) is 2.79. The quantitative estimate of drug-likeness (QED) is 0.886. The Morgan fingerprint density at radius 1 is 1.71 bits per heavy atom. The van der Waals surface area contributed by atoms with E-state index in [0.717, 1.165) is 7.57 Å². The van der Waals surface area contributed by atoms with Crippen LogP contribution in [-0.4, -0.2) is 18.5 Å². The Morgan fingerprint density at radius 3 is 2.79 bits per heavy atom. The lowest BCUT2D eigenvalue weighted by molar-refractivity contribution is 0.0941.